The zero-order valence-electron chi connectivity index (χ0n) is 13.0. The lowest BCUT2D eigenvalue weighted by Gasteiger charge is -2.36. The van der Waals surface area contributed by atoms with Crippen molar-refractivity contribution in [3.63, 3.8) is 0 Å². The first-order valence-corrected chi connectivity index (χ1v) is 7.85. The summed E-state index contributed by atoms with van der Waals surface area (Å²) in [6.45, 7) is 6.58. The van der Waals surface area contributed by atoms with E-state index in [1.807, 2.05) is 30.5 Å². The molecule has 1 aromatic heterocycles. The summed E-state index contributed by atoms with van der Waals surface area (Å²) in [5, 5.41) is 10.4. The minimum atomic E-state index is -0.415. The molecular formula is C18H23N3O. The quantitative estimate of drug-likeness (QED) is 0.939. The van der Waals surface area contributed by atoms with Crippen LogP contribution in [0.25, 0.3) is 0 Å². The van der Waals surface area contributed by atoms with Crippen molar-refractivity contribution in [2.45, 2.75) is 13.0 Å². The average molecular weight is 297 g/mol. The van der Waals surface area contributed by atoms with Crippen molar-refractivity contribution in [1.29, 1.82) is 0 Å². The van der Waals surface area contributed by atoms with Crippen LogP contribution < -0.4 is 4.90 Å². The molecule has 116 valence electrons. The Morgan fingerprint density at radius 1 is 1.05 bits per heavy atom. The third-order valence-corrected chi connectivity index (χ3v) is 4.24. The highest BCUT2D eigenvalue weighted by Gasteiger charge is 2.20. The minimum absolute atomic E-state index is 0.415. The summed E-state index contributed by atoms with van der Waals surface area (Å²) in [6, 6.07) is 14.2. The summed E-state index contributed by atoms with van der Waals surface area (Å²) >= 11 is 0. The molecule has 0 spiro atoms. The van der Waals surface area contributed by atoms with Gasteiger partial charge in [-0.15, -0.1) is 0 Å². The second-order valence-electron chi connectivity index (χ2n) is 5.90. The van der Waals surface area contributed by atoms with Gasteiger partial charge in [0.05, 0.1) is 6.10 Å². The Morgan fingerprint density at radius 3 is 2.41 bits per heavy atom. The molecule has 0 aliphatic carbocycles. The maximum Gasteiger partial charge on any atom is 0.128 e. The molecule has 1 aliphatic heterocycles. The Morgan fingerprint density at radius 2 is 1.77 bits per heavy atom. The van der Waals surface area contributed by atoms with Gasteiger partial charge >= 0.3 is 0 Å². The van der Waals surface area contributed by atoms with Crippen LogP contribution >= 0.6 is 0 Å². The number of benzene rings is 1. The van der Waals surface area contributed by atoms with Crippen molar-refractivity contribution >= 4 is 5.82 Å². The van der Waals surface area contributed by atoms with Crippen molar-refractivity contribution in [2.75, 3.05) is 37.6 Å². The number of nitrogens with zero attached hydrogens (tertiary/aromatic N) is 3. The van der Waals surface area contributed by atoms with Crippen molar-refractivity contribution in [1.82, 2.24) is 9.88 Å². The number of aryl methyl sites for hydroxylation is 1. The first kappa shape index (κ1) is 15.0. The molecule has 0 saturated carbocycles. The Bertz CT molecular complexity index is 577. The second kappa shape index (κ2) is 6.90. The standard InChI is InChI=1S/C18H23N3O/c1-15-5-7-16(8-6-15)17(22)14-20-10-12-21(13-11-20)18-4-2-3-9-19-18/h2-9,17,22H,10-14H2,1H3. The molecule has 2 aromatic rings. The Balaban J connectivity index is 1.52. The van der Waals surface area contributed by atoms with E-state index in [1.165, 1.54) is 5.56 Å². The topological polar surface area (TPSA) is 39.6 Å². The van der Waals surface area contributed by atoms with E-state index in [0.29, 0.717) is 6.54 Å². The molecule has 1 aromatic carbocycles. The van der Waals surface area contributed by atoms with Crippen LogP contribution in [-0.2, 0) is 0 Å². The van der Waals surface area contributed by atoms with E-state index in [2.05, 4.69) is 39.9 Å². The largest absolute Gasteiger partial charge is 0.387 e. The van der Waals surface area contributed by atoms with Gasteiger partial charge in [0, 0.05) is 38.9 Å². The number of hydrogen-bond donors (Lipinski definition) is 1. The number of hydrogen-bond acceptors (Lipinski definition) is 4. The monoisotopic (exact) mass is 297 g/mol. The fraction of sp³-hybridized carbons (Fsp3) is 0.389. The molecule has 3 rings (SSSR count). The fourth-order valence-electron chi connectivity index (χ4n) is 2.84. The van der Waals surface area contributed by atoms with Crippen LogP contribution in [0.2, 0.25) is 0 Å². The van der Waals surface area contributed by atoms with Crippen molar-refractivity contribution < 1.29 is 5.11 Å². The van der Waals surface area contributed by atoms with Crippen LogP contribution in [0.15, 0.2) is 48.7 Å². The Hall–Kier alpha value is -1.91. The van der Waals surface area contributed by atoms with E-state index in [9.17, 15) is 5.11 Å². The van der Waals surface area contributed by atoms with Gasteiger partial charge in [-0.1, -0.05) is 35.9 Å². The molecule has 4 heteroatoms. The van der Waals surface area contributed by atoms with Gasteiger partial charge < -0.3 is 10.0 Å². The average Bonchev–Trinajstić information content (AvgIpc) is 2.57. The van der Waals surface area contributed by atoms with Gasteiger partial charge in [0.1, 0.15) is 5.82 Å². The highest BCUT2D eigenvalue weighted by molar-refractivity contribution is 5.38. The predicted molar refractivity (Wildman–Crippen MR) is 89.0 cm³/mol. The molecule has 1 fully saturated rings. The van der Waals surface area contributed by atoms with Gasteiger partial charge in [0.2, 0.25) is 0 Å². The molecular weight excluding hydrogens is 274 g/mol. The van der Waals surface area contributed by atoms with Crippen LogP contribution in [0.5, 0.6) is 0 Å². The summed E-state index contributed by atoms with van der Waals surface area (Å²) < 4.78 is 0. The van der Waals surface area contributed by atoms with Crippen LogP contribution in [0.1, 0.15) is 17.2 Å². The lowest BCUT2D eigenvalue weighted by atomic mass is 10.1. The van der Waals surface area contributed by atoms with Crippen LogP contribution in [-0.4, -0.2) is 47.7 Å². The maximum absolute atomic E-state index is 10.4. The third-order valence-electron chi connectivity index (χ3n) is 4.24. The normalized spacial score (nSPS) is 17.5. The molecule has 1 saturated heterocycles. The zero-order chi connectivity index (χ0) is 15.4. The maximum atomic E-state index is 10.4. The minimum Gasteiger partial charge on any atom is -0.387 e. The first-order chi connectivity index (χ1) is 10.7. The van der Waals surface area contributed by atoms with E-state index < -0.39 is 6.10 Å². The number of piperazine rings is 1. The van der Waals surface area contributed by atoms with Gasteiger partial charge in [0.25, 0.3) is 0 Å². The lowest BCUT2D eigenvalue weighted by Crippen LogP contribution is -2.47. The smallest absolute Gasteiger partial charge is 0.128 e. The summed E-state index contributed by atoms with van der Waals surface area (Å²) in [5.74, 6) is 1.04. The molecule has 0 radical (unpaired) electrons. The first-order valence-electron chi connectivity index (χ1n) is 7.85. The molecule has 0 amide bonds. The molecule has 1 N–H and O–H groups in total. The number of β-amino-alcohol motifs (C(OH)–C–C–N with tert-alkyl or cyclic N) is 1. The number of rotatable bonds is 4. The predicted octanol–water partition coefficient (Wildman–Crippen LogP) is 2.25. The third kappa shape index (κ3) is 3.64. The van der Waals surface area contributed by atoms with Gasteiger partial charge in [-0.2, -0.15) is 0 Å². The number of aliphatic hydroxyl groups is 1. The second-order valence-corrected chi connectivity index (χ2v) is 5.90. The van der Waals surface area contributed by atoms with Crippen LogP contribution in [0.4, 0.5) is 5.82 Å². The number of anilines is 1. The molecule has 1 atom stereocenters. The van der Waals surface area contributed by atoms with Crippen LogP contribution in [0, 0.1) is 6.92 Å². The zero-order valence-corrected chi connectivity index (χ0v) is 13.0. The molecule has 22 heavy (non-hydrogen) atoms. The van der Waals surface area contributed by atoms with E-state index >= 15 is 0 Å². The SMILES string of the molecule is Cc1ccc(C(O)CN2CCN(c3ccccn3)CC2)cc1. The van der Waals surface area contributed by atoms with Crippen LogP contribution in [0.3, 0.4) is 0 Å². The molecule has 0 bridgehead atoms. The highest BCUT2D eigenvalue weighted by atomic mass is 16.3. The van der Waals surface area contributed by atoms with E-state index in [4.69, 9.17) is 0 Å². The van der Waals surface area contributed by atoms with Crippen molar-refractivity contribution in [3.8, 4) is 0 Å². The Labute approximate surface area is 132 Å². The van der Waals surface area contributed by atoms with Gasteiger partial charge in [0.15, 0.2) is 0 Å². The number of pyridine rings is 1. The summed E-state index contributed by atoms with van der Waals surface area (Å²) in [6.07, 6.45) is 1.42. The van der Waals surface area contributed by atoms with Gasteiger partial charge in [-0.25, -0.2) is 4.98 Å². The van der Waals surface area contributed by atoms with E-state index in [-0.39, 0.29) is 0 Å². The van der Waals surface area contributed by atoms with Gasteiger partial charge in [-0.05, 0) is 24.6 Å². The molecule has 1 unspecified atom stereocenters. The summed E-state index contributed by atoms with van der Waals surface area (Å²) in [4.78, 5) is 9.03. The fourth-order valence-corrected chi connectivity index (χ4v) is 2.84. The van der Waals surface area contributed by atoms with E-state index in [0.717, 1.165) is 37.6 Å². The lowest BCUT2D eigenvalue weighted by molar-refractivity contribution is 0.109. The van der Waals surface area contributed by atoms with Gasteiger partial charge in [-0.3, -0.25) is 4.90 Å². The Kier molecular flexibility index (Phi) is 4.71. The summed E-state index contributed by atoms with van der Waals surface area (Å²) in [5.41, 5.74) is 2.22. The summed E-state index contributed by atoms with van der Waals surface area (Å²) in [7, 11) is 0. The molecule has 1 aliphatic rings. The molecule has 2 heterocycles. The number of aliphatic hydroxyl groups excluding tert-OH is 1. The molecule has 4 nitrogen and oxygen atoms in total. The van der Waals surface area contributed by atoms with Crippen molar-refractivity contribution in [3.05, 3.63) is 59.8 Å². The number of aromatic nitrogens is 1. The van der Waals surface area contributed by atoms with E-state index in [1.54, 1.807) is 0 Å². The highest BCUT2D eigenvalue weighted by Crippen LogP contribution is 2.17. The van der Waals surface area contributed by atoms with Crippen molar-refractivity contribution in [2.24, 2.45) is 0 Å².